The van der Waals surface area contributed by atoms with Crippen molar-refractivity contribution in [3.8, 4) is 44.5 Å². The Bertz CT molecular complexity index is 2790. The first kappa shape index (κ1) is 27.7. The molecule has 1 aromatic heterocycles. The average molecular weight is 638 g/mol. The number of benzene rings is 8. The maximum absolute atomic E-state index is 5.73. The van der Waals surface area contributed by atoms with Crippen LogP contribution < -0.4 is 0 Å². The average Bonchev–Trinajstić information content (AvgIpc) is 3.77. The molecule has 50 heavy (non-hydrogen) atoms. The molecule has 11 rings (SSSR count). The van der Waals surface area contributed by atoms with Gasteiger partial charge in [-0.3, -0.25) is 0 Å². The van der Waals surface area contributed by atoms with Crippen molar-refractivity contribution in [2.45, 2.75) is 19.3 Å². The van der Waals surface area contributed by atoms with Crippen molar-refractivity contribution in [2.24, 2.45) is 0 Å². The minimum atomic E-state index is -0.430. The van der Waals surface area contributed by atoms with Gasteiger partial charge in [-0.25, -0.2) is 0 Å². The van der Waals surface area contributed by atoms with Crippen molar-refractivity contribution in [2.75, 3.05) is 0 Å². The lowest BCUT2D eigenvalue weighted by atomic mass is 9.70. The fourth-order valence-corrected chi connectivity index (χ4v) is 9.61. The minimum Gasteiger partial charge on any atom is -0.361 e. The van der Waals surface area contributed by atoms with Crippen LogP contribution in [0.3, 0.4) is 0 Å². The molecule has 234 valence electrons. The number of nitrogens with zero attached hydrogens (tertiary/aromatic N) is 1. The van der Waals surface area contributed by atoms with Gasteiger partial charge in [-0.1, -0.05) is 151 Å². The number of hydrogen-bond donors (Lipinski definition) is 0. The van der Waals surface area contributed by atoms with Crippen LogP contribution in [0.5, 0.6) is 0 Å². The van der Waals surface area contributed by atoms with E-state index in [0.717, 1.165) is 17.0 Å². The summed E-state index contributed by atoms with van der Waals surface area (Å²) in [4.78, 5) is 0. The van der Waals surface area contributed by atoms with Crippen LogP contribution in [0.4, 0.5) is 0 Å². The van der Waals surface area contributed by atoms with Gasteiger partial charge in [0.25, 0.3) is 0 Å². The summed E-state index contributed by atoms with van der Waals surface area (Å²) in [5.74, 6) is 0.841. The normalized spacial score (nSPS) is 13.6. The van der Waals surface area contributed by atoms with Crippen LogP contribution >= 0.6 is 0 Å². The molecule has 2 heteroatoms. The van der Waals surface area contributed by atoms with Crippen molar-refractivity contribution < 1.29 is 4.52 Å². The van der Waals surface area contributed by atoms with Crippen molar-refractivity contribution >= 4 is 32.3 Å². The molecule has 0 atom stereocenters. The molecule has 2 aliphatic carbocycles. The Morgan fingerprint density at radius 1 is 0.420 bits per heavy atom. The third-order valence-electron chi connectivity index (χ3n) is 11.5. The first-order valence-electron chi connectivity index (χ1n) is 17.4. The number of aromatic nitrogens is 1. The van der Waals surface area contributed by atoms with E-state index in [-0.39, 0.29) is 0 Å². The summed E-state index contributed by atoms with van der Waals surface area (Å²) in [6.07, 6.45) is 0. The molecule has 0 aliphatic heterocycles. The van der Waals surface area contributed by atoms with Crippen LogP contribution in [0.15, 0.2) is 156 Å². The summed E-state index contributed by atoms with van der Waals surface area (Å²) >= 11 is 0. The zero-order valence-electron chi connectivity index (χ0n) is 27.8. The van der Waals surface area contributed by atoms with Crippen LogP contribution in [0.2, 0.25) is 0 Å². The summed E-state index contributed by atoms with van der Waals surface area (Å²) in [6.45, 7) is 4.06. The van der Waals surface area contributed by atoms with Gasteiger partial charge < -0.3 is 4.52 Å². The number of hydrogen-bond acceptors (Lipinski definition) is 2. The zero-order valence-corrected chi connectivity index (χ0v) is 27.8. The van der Waals surface area contributed by atoms with Gasteiger partial charge in [0.05, 0.1) is 11.1 Å². The van der Waals surface area contributed by atoms with Crippen LogP contribution in [-0.2, 0) is 5.41 Å². The Morgan fingerprint density at radius 3 is 1.60 bits per heavy atom. The highest BCUT2D eigenvalue weighted by atomic mass is 16.5. The standard InChI is InChI=1S/C48H31NO/c1-28-44(29(2)50-49-28)47-37-19-7-5-17-35(37)45(36-18-6-8-20-38(36)47)31-23-25-39-43(27-31)48(42-26-24-30-13-3-4-14-32(30)46(39)42)40-21-11-9-15-33(40)34-16-10-12-22-41(34)48/h3-27H,1-2H3. The summed E-state index contributed by atoms with van der Waals surface area (Å²) in [6, 6.07) is 56.7. The monoisotopic (exact) mass is 637 g/mol. The predicted octanol–water partition coefficient (Wildman–Crippen LogP) is 12.4. The Morgan fingerprint density at radius 2 is 0.980 bits per heavy atom. The van der Waals surface area contributed by atoms with E-state index in [1.54, 1.807) is 0 Å². The molecule has 2 aliphatic rings. The third-order valence-corrected chi connectivity index (χ3v) is 11.5. The van der Waals surface area contributed by atoms with Crippen molar-refractivity contribution in [3.05, 3.63) is 185 Å². The Balaban J connectivity index is 1.29. The van der Waals surface area contributed by atoms with E-state index in [1.807, 2.05) is 13.8 Å². The fraction of sp³-hybridized carbons (Fsp3) is 0.0625. The van der Waals surface area contributed by atoms with Gasteiger partial charge >= 0.3 is 0 Å². The molecule has 1 spiro atoms. The van der Waals surface area contributed by atoms with Crippen LogP contribution in [0.25, 0.3) is 76.8 Å². The summed E-state index contributed by atoms with van der Waals surface area (Å²) in [7, 11) is 0. The van der Waals surface area contributed by atoms with E-state index in [0.29, 0.717) is 0 Å². The van der Waals surface area contributed by atoms with Gasteiger partial charge in [-0.15, -0.1) is 0 Å². The topological polar surface area (TPSA) is 26.0 Å². The minimum absolute atomic E-state index is 0.430. The highest BCUT2D eigenvalue weighted by molar-refractivity contribution is 6.22. The second-order valence-corrected chi connectivity index (χ2v) is 13.9. The molecule has 2 nitrogen and oxygen atoms in total. The van der Waals surface area contributed by atoms with Crippen molar-refractivity contribution in [3.63, 3.8) is 0 Å². The molecule has 0 fully saturated rings. The molecule has 8 aromatic carbocycles. The lowest BCUT2D eigenvalue weighted by Crippen LogP contribution is -2.25. The first-order chi connectivity index (χ1) is 24.7. The highest BCUT2D eigenvalue weighted by Gasteiger charge is 2.52. The lowest BCUT2D eigenvalue weighted by molar-refractivity contribution is 0.393. The van der Waals surface area contributed by atoms with Crippen molar-refractivity contribution in [1.29, 1.82) is 0 Å². The van der Waals surface area contributed by atoms with E-state index < -0.39 is 5.41 Å². The molecular weight excluding hydrogens is 607 g/mol. The fourth-order valence-electron chi connectivity index (χ4n) is 9.61. The Hall–Kier alpha value is -6.25. The molecule has 0 radical (unpaired) electrons. The largest absolute Gasteiger partial charge is 0.361 e. The highest BCUT2D eigenvalue weighted by Crippen LogP contribution is 2.64. The molecule has 9 aromatic rings. The van der Waals surface area contributed by atoms with E-state index in [9.17, 15) is 0 Å². The van der Waals surface area contributed by atoms with E-state index >= 15 is 0 Å². The van der Waals surface area contributed by atoms with E-state index in [1.165, 1.54) is 93.5 Å². The molecule has 0 bridgehead atoms. The van der Waals surface area contributed by atoms with Crippen LogP contribution in [0.1, 0.15) is 33.7 Å². The first-order valence-corrected chi connectivity index (χ1v) is 17.4. The molecule has 0 amide bonds. The smallest absolute Gasteiger partial charge is 0.141 e. The number of fused-ring (bicyclic) bond motifs is 14. The second kappa shape index (κ2) is 9.90. The predicted molar refractivity (Wildman–Crippen MR) is 206 cm³/mol. The molecule has 0 unspecified atom stereocenters. The maximum atomic E-state index is 5.73. The van der Waals surface area contributed by atoms with Gasteiger partial charge in [0.1, 0.15) is 5.76 Å². The van der Waals surface area contributed by atoms with Crippen LogP contribution in [-0.4, -0.2) is 5.16 Å². The molecule has 0 saturated heterocycles. The Labute approximate surface area is 290 Å². The van der Waals surface area contributed by atoms with Gasteiger partial charge in [0, 0.05) is 11.1 Å². The molecule has 0 saturated carbocycles. The molecular formula is C48H31NO. The van der Waals surface area contributed by atoms with Gasteiger partial charge in [-0.05, 0) is 108 Å². The van der Waals surface area contributed by atoms with Gasteiger partial charge in [-0.2, -0.15) is 0 Å². The van der Waals surface area contributed by atoms with Gasteiger partial charge in [0.15, 0.2) is 0 Å². The summed E-state index contributed by atoms with van der Waals surface area (Å²) in [5.41, 5.74) is 16.0. The summed E-state index contributed by atoms with van der Waals surface area (Å²) in [5, 5.41) is 11.8. The quantitative estimate of drug-likeness (QED) is 0.176. The second-order valence-electron chi connectivity index (χ2n) is 13.9. The lowest BCUT2D eigenvalue weighted by Gasteiger charge is -2.31. The van der Waals surface area contributed by atoms with E-state index in [4.69, 9.17) is 4.52 Å². The Kier molecular flexibility index (Phi) is 5.48. The van der Waals surface area contributed by atoms with Gasteiger partial charge in [0.2, 0.25) is 0 Å². The summed E-state index contributed by atoms with van der Waals surface area (Å²) < 4.78 is 5.73. The van der Waals surface area contributed by atoms with E-state index in [2.05, 4.69) is 157 Å². The zero-order chi connectivity index (χ0) is 33.1. The maximum Gasteiger partial charge on any atom is 0.141 e. The number of rotatable bonds is 2. The third kappa shape index (κ3) is 3.36. The van der Waals surface area contributed by atoms with Crippen molar-refractivity contribution in [1.82, 2.24) is 5.16 Å². The SMILES string of the molecule is Cc1noc(C)c1-c1c2ccccc2c(-c2ccc3c(c2)C2(c4ccccc4-c4ccccc42)c2ccc4ccccc4c2-3)c2ccccc12. The molecule has 1 heterocycles. The number of aryl methyl sites for hydroxylation is 2. The van der Waals surface area contributed by atoms with Crippen LogP contribution in [0, 0.1) is 13.8 Å². The molecule has 0 N–H and O–H groups in total.